The Morgan fingerprint density at radius 3 is 2.68 bits per heavy atom. The monoisotopic (exact) mass is 275 g/mol. The summed E-state index contributed by atoms with van der Waals surface area (Å²) in [6.07, 6.45) is 3.01. The minimum Gasteiger partial charge on any atom is -0.496 e. The third kappa shape index (κ3) is 2.61. The van der Waals surface area contributed by atoms with Crippen LogP contribution in [0.2, 0.25) is 5.02 Å². The topological polar surface area (TPSA) is 39.2 Å². The Kier molecular flexibility index (Phi) is 3.86. The number of nitrogens with zero attached hydrogens (tertiary/aromatic N) is 1. The molecule has 4 heteroatoms. The number of ketones is 1. The molecule has 0 saturated carbocycles. The smallest absolute Gasteiger partial charge is 0.198 e. The lowest BCUT2D eigenvalue weighted by molar-refractivity contribution is 0.103. The molecule has 0 bridgehead atoms. The van der Waals surface area contributed by atoms with Gasteiger partial charge >= 0.3 is 0 Å². The van der Waals surface area contributed by atoms with Gasteiger partial charge in [-0.2, -0.15) is 0 Å². The van der Waals surface area contributed by atoms with Gasteiger partial charge < -0.3 is 4.74 Å². The quantitative estimate of drug-likeness (QED) is 0.804. The van der Waals surface area contributed by atoms with E-state index in [1.807, 2.05) is 26.0 Å². The van der Waals surface area contributed by atoms with Crippen LogP contribution in [0, 0.1) is 13.8 Å². The maximum absolute atomic E-state index is 12.6. The number of hydrogen-bond acceptors (Lipinski definition) is 3. The van der Waals surface area contributed by atoms with E-state index in [0.717, 1.165) is 11.1 Å². The van der Waals surface area contributed by atoms with Crippen molar-refractivity contribution in [2.45, 2.75) is 13.8 Å². The highest BCUT2D eigenvalue weighted by atomic mass is 35.5. The van der Waals surface area contributed by atoms with E-state index in [-0.39, 0.29) is 5.78 Å². The summed E-state index contributed by atoms with van der Waals surface area (Å²) in [7, 11) is 1.55. The number of carbonyl (C=O) groups is 1. The van der Waals surface area contributed by atoms with Crippen LogP contribution in [0.1, 0.15) is 27.0 Å². The highest BCUT2D eigenvalue weighted by Gasteiger charge is 2.19. The van der Waals surface area contributed by atoms with Crippen molar-refractivity contribution in [3.63, 3.8) is 0 Å². The van der Waals surface area contributed by atoms with Gasteiger partial charge in [0.15, 0.2) is 5.78 Å². The van der Waals surface area contributed by atoms with E-state index in [9.17, 15) is 4.79 Å². The molecule has 1 heterocycles. The number of benzene rings is 1. The van der Waals surface area contributed by atoms with Crippen molar-refractivity contribution in [2.75, 3.05) is 7.11 Å². The Balaban J connectivity index is 2.59. The molecule has 98 valence electrons. The van der Waals surface area contributed by atoms with Crippen LogP contribution in [0.5, 0.6) is 5.75 Å². The van der Waals surface area contributed by atoms with E-state index in [2.05, 4.69) is 4.98 Å². The van der Waals surface area contributed by atoms with Gasteiger partial charge in [-0.05, 0) is 37.1 Å². The molecule has 0 atom stereocenters. The summed E-state index contributed by atoms with van der Waals surface area (Å²) in [6, 6.07) is 5.41. The van der Waals surface area contributed by atoms with Gasteiger partial charge in [0.1, 0.15) is 5.75 Å². The molecule has 0 amide bonds. The molecule has 0 unspecified atom stereocenters. The van der Waals surface area contributed by atoms with Gasteiger partial charge in [0.05, 0.1) is 17.7 Å². The third-order valence-corrected chi connectivity index (χ3v) is 3.21. The highest BCUT2D eigenvalue weighted by molar-refractivity contribution is 6.35. The van der Waals surface area contributed by atoms with E-state index >= 15 is 0 Å². The summed E-state index contributed by atoms with van der Waals surface area (Å²) in [6.45, 7) is 3.85. The van der Waals surface area contributed by atoms with Crippen LogP contribution >= 0.6 is 11.6 Å². The van der Waals surface area contributed by atoms with E-state index in [4.69, 9.17) is 16.3 Å². The summed E-state index contributed by atoms with van der Waals surface area (Å²) >= 11 is 6.02. The number of methoxy groups -OCH3 is 1. The highest BCUT2D eigenvalue weighted by Crippen LogP contribution is 2.28. The number of halogens is 1. The lowest BCUT2D eigenvalue weighted by atomic mass is 9.97. The molecule has 0 N–H and O–H groups in total. The largest absolute Gasteiger partial charge is 0.496 e. The molecular formula is C15H14ClNO2. The maximum atomic E-state index is 12.6. The van der Waals surface area contributed by atoms with Crippen molar-refractivity contribution in [1.29, 1.82) is 0 Å². The molecule has 0 radical (unpaired) electrons. The Morgan fingerprint density at radius 2 is 2.05 bits per heavy atom. The van der Waals surface area contributed by atoms with Crippen LogP contribution in [0.15, 0.2) is 30.6 Å². The predicted molar refractivity (Wildman–Crippen MR) is 75.1 cm³/mol. The third-order valence-electron chi connectivity index (χ3n) is 2.91. The number of aryl methyl sites for hydroxylation is 2. The molecule has 0 spiro atoms. The first-order valence-electron chi connectivity index (χ1n) is 5.84. The molecule has 0 aliphatic carbocycles. The van der Waals surface area contributed by atoms with Crippen LogP contribution in [0.25, 0.3) is 0 Å². The fraction of sp³-hybridized carbons (Fsp3) is 0.200. The van der Waals surface area contributed by atoms with Gasteiger partial charge in [-0.15, -0.1) is 0 Å². The van der Waals surface area contributed by atoms with E-state index < -0.39 is 0 Å². The molecule has 1 aromatic carbocycles. The molecule has 1 aromatic heterocycles. The molecule has 0 aliphatic rings. The number of pyridine rings is 1. The van der Waals surface area contributed by atoms with Crippen molar-refractivity contribution in [3.05, 3.63) is 57.9 Å². The molecule has 2 rings (SSSR count). The zero-order chi connectivity index (χ0) is 14.0. The first-order chi connectivity index (χ1) is 9.04. The second-order valence-corrected chi connectivity index (χ2v) is 4.75. The Bertz CT molecular complexity index is 638. The summed E-state index contributed by atoms with van der Waals surface area (Å²) in [5.41, 5.74) is 2.89. The second kappa shape index (κ2) is 5.41. The molecule has 2 aromatic rings. The maximum Gasteiger partial charge on any atom is 0.198 e. The number of carbonyl (C=O) groups excluding carboxylic acids is 1. The number of ether oxygens (including phenoxy) is 1. The Labute approximate surface area is 117 Å². The van der Waals surface area contributed by atoms with Crippen LogP contribution in [-0.2, 0) is 0 Å². The van der Waals surface area contributed by atoms with Crippen molar-refractivity contribution in [3.8, 4) is 5.75 Å². The summed E-state index contributed by atoms with van der Waals surface area (Å²) in [4.78, 5) is 16.5. The van der Waals surface area contributed by atoms with Crippen LogP contribution in [0.3, 0.4) is 0 Å². The number of aromatic nitrogens is 1. The van der Waals surface area contributed by atoms with Gasteiger partial charge in [-0.1, -0.05) is 17.7 Å². The van der Waals surface area contributed by atoms with Crippen molar-refractivity contribution in [1.82, 2.24) is 4.98 Å². The van der Waals surface area contributed by atoms with E-state index in [1.165, 1.54) is 6.20 Å². The average Bonchev–Trinajstić information content (AvgIpc) is 2.37. The minimum absolute atomic E-state index is 0.151. The van der Waals surface area contributed by atoms with Crippen molar-refractivity contribution < 1.29 is 9.53 Å². The normalized spacial score (nSPS) is 10.3. The average molecular weight is 276 g/mol. The van der Waals surface area contributed by atoms with Gasteiger partial charge in [0.2, 0.25) is 0 Å². The van der Waals surface area contributed by atoms with Gasteiger partial charge in [-0.25, -0.2) is 0 Å². The van der Waals surface area contributed by atoms with Crippen molar-refractivity contribution >= 4 is 17.4 Å². The van der Waals surface area contributed by atoms with Gasteiger partial charge in [-0.3, -0.25) is 9.78 Å². The molecule has 19 heavy (non-hydrogen) atoms. The molecule has 3 nitrogen and oxygen atoms in total. The summed E-state index contributed by atoms with van der Waals surface area (Å²) in [5.74, 6) is 0.414. The molecule has 0 saturated heterocycles. The minimum atomic E-state index is -0.151. The lowest BCUT2D eigenvalue weighted by Gasteiger charge is -2.12. The fourth-order valence-corrected chi connectivity index (χ4v) is 2.28. The fourth-order valence-electron chi connectivity index (χ4n) is 2.07. The zero-order valence-corrected chi connectivity index (χ0v) is 11.8. The predicted octanol–water partition coefficient (Wildman–Crippen LogP) is 3.59. The first-order valence-corrected chi connectivity index (χ1v) is 6.22. The van der Waals surface area contributed by atoms with Crippen LogP contribution in [-0.4, -0.2) is 17.9 Å². The molecular weight excluding hydrogens is 262 g/mol. The summed E-state index contributed by atoms with van der Waals surface area (Å²) < 4.78 is 5.31. The molecule has 0 fully saturated rings. The second-order valence-electron chi connectivity index (χ2n) is 4.34. The van der Waals surface area contributed by atoms with Crippen molar-refractivity contribution in [2.24, 2.45) is 0 Å². The summed E-state index contributed by atoms with van der Waals surface area (Å²) in [5, 5.41) is 0.342. The van der Waals surface area contributed by atoms with Crippen LogP contribution < -0.4 is 4.74 Å². The number of hydrogen-bond donors (Lipinski definition) is 0. The Morgan fingerprint density at radius 1 is 1.32 bits per heavy atom. The molecule has 0 aliphatic heterocycles. The lowest BCUT2D eigenvalue weighted by Crippen LogP contribution is -2.07. The van der Waals surface area contributed by atoms with Gasteiger partial charge in [0.25, 0.3) is 0 Å². The van der Waals surface area contributed by atoms with E-state index in [0.29, 0.717) is 21.9 Å². The zero-order valence-electron chi connectivity index (χ0n) is 11.0. The van der Waals surface area contributed by atoms with Gasteiger partial charge in [0, 0.05) is 18.0 Å². The standard InChI is InChI=1S/C15H14ClNO2/c1-9-6-10(2)14(13(7-9)19-3)15(18)11-4-5-17-8-12(11)16/h4-8H,1-3H3. The number of rotatable bonds is 3. The SMILES string of the molecule is COc1cc(C)cc(C)c1C(=O)c1ccncc1Cl. The van der Waals surface area contributed by atoms with E-state index in [1.54, 1.807) is 19.4 Å². The first kappa shape index (κ1) is 13.6. The van der Waals surface area contributed by atoms with Crippen LogP contribution in [0.4, 0.5) is 0 Å². The Hall–Kier alpha value is -1.87.